The van der Waals surface area contributed by atoms with Gasteiger partial charge in [0.05, 0.1) is 19.8 Å². The van der Waals surface area contributed by atoms with Crippen molar-refractivity contribution in [1.29, 1.82) is 0 Å². The lowest BCUT2D eigenvalue weighted by atomic mass is 9.94. The van der Waals surface area contributed by atoms with Gasteiger partial charge in [0.2, 0.25) is 0 Å². The summed E-state index contributed by atoms with van der Waals surface area (Å²) in [7, 11) is 1.63. The highest BCUT2D eigenvalue weighted by atomic mass is 35.5. The quantitative estimate of drug-likeness (QED) is 0.588. The van der Waals surface area contributed by atoms with Crippen LogP contribution < -0.4 is 0 Å². The molecule has 0 amide bonds. The van der Waals surface area contributed by atoms with E-state index in [-0.39, 0.29) is 0 Å². The fraction of sp³-hybridized carbons (Fsp3) is 0.500. The van der Waals surface area contributed by atoms with E-state index in [9.17, 15) is 4.79 Å². The number of aryl methyl sites for hydroxylation is 2. The Morgan fingerprint density at radius 1 is 1.22 bits per heavy atom. The maximum Gasteiger partial charge on any atom is 0.252 e. The van der Waals surface area contributed by atoms with E-state index in [2.05, 4.69) is 0 Å². The van der Waals surface area contributed by atoms with E-state index in [1.807, 2.05) is 26.8 Å². The second-order valence-electron chi connectivity index (χ2n) is 4.31. The summed E-state index contributed by atoms with van der Waals surface area (Å²) in [6.07, 6.45) is 0. The Hall–Kier alpha value is -0.900. The van der Waals surface area contributed by atoms with E-state index in [0.717, 1.165) is 22.3 Å². The van der Waals surface area contributed by atoms with Crippen LogP contribution in [0.25, 0.3) is 0 Å². The summed E-state index contributed by atoms with van der Waals surface area (Å²) in [4.78, 5) is 11.4. The third kappa shape index (κ3) is 3.55. The third-order valence-electron chi connectivity index (χ3n) is 3.01. The molecule has 1 aromatic rings. The zero-order chi connectivity index (χ0) is 13.7. The molecule has 0 saturated heterocycles. The number of hydrogen-bond donors (Lipinski definition) is 0. The van der Waals surface area contributed by atoms with Crippen LogP contribution in [0.3, 0.4) is 0 Å². The second-order valence-corrected chi connectivity index (χ2v) is 4.65. The van der Waals surface area contributed by atoms with Crippen molar-refractivity contribution in [2.45, 2.75) is 27.4 Å². The van der Waals surface area contributed by atoms with E-state index in [1.54, 1.807) is 7.11 Å². The first-order valence-corrected chi connectivity index (χ1v) is 6.23. The molecule has 0 saturated carbocycles. The van der Waals surface area contributed by atoms with E-state index in [1.165, 1.54) is 0 Å². The highest BCUT2D eigenvalue weighted by molar-refractivity contribution is 6.68. The van der Waals surface area contributed by atoms with Crippen molar-refractivity contribution >= 4 is 16.8 Å². The SMILES string of the molecule is COCCOCc1c(C)cc(C)c(C(=O)Cl)c1C. The van der Waals surface area contributed by atoms with E-state index < -0.39 is 5.24 Å². The monoisotopic (exact) mass is 270 g/mol. The smallest absolute Gasteiger partial charge is 0.252 e. The largest absolute Gasteiger partial charge is 0.382 e. The van der Waals surface area contributed by atoms with Gasteiger partial charge in [-0.15, -0.1) is 0 Å². The average Bonchev–Trinajstić information content (AvgIpc) is 2.26. The molecular weight excluding hydrogens is 252 g/mol. The number of carbonyl (C=O) groups is 1. The van der Waals surface area contributed by atoms with E-state index in [4.69, 9.17) is 21.1 Å². The highest BCUT2D eigenvalue weighted by Crippen LogP contribution is 2.24. The van der Waals surface area contributed by atoms with Gasteiger partial charge in [-0.1, -0.05) is 6.07 Å². The zero-order valence-electron chi connectivity index (χ0n) is 11.3. The minimum atomic E-state index is -0.414. The summed E-state index contributed by atoms with van der Waals surface area (Å²) >= 11 is 5.62. The van der Waals surface area contributed by atoms with Crippen LogP contribution in [0.2, 0.25) is 0 Å². The molecule has 0 aliphatic carbocycles. The molecule has 0 aliphatic heterocycles. The first-order valence-electron chi connectivity index (χ1n) is 5.85. The van der Waals surface area contributed by atoms with Crippen molar-refractivity contribution in [3.8, 4) is 0 Å². The van der Waals surface area contributed by atoms with Crippen LogP contribution in [-0.4, -0.2) is 25.6 Å². The van der Waals surface area contributed by atoms with Gasteiger partial charge >= 0.3 is 0 Å². The number of halogens is 1. The molecule has 0 atom stereocenters. The lowest BCUT2D eigenvalue weighted by Gasteiger charge is -2.15. The summed E-state index contributed by atoms with van der Waals surface area (Å²) in [5.41, 5.74) is 4.55. The molecule has 3 nitrogen and oxygen atoms in total. The lowest BCUT2D eigenvalue weighted by Crippen LogP contribution is -2.08. The molecule has 0 N–H and O–H groups in total. The Labute approximate surface area is 113 Å². The van der Waals surface area contributed by atoms with Crippen LogP contribution in [0, 0.1) is 20.8 Å². The van der Waals surface area contributed by atoms with Gasteiger partial charge in [0.25, 0.3) is 5.24 Å². The molecule has 0 unspecified atom stereocenters. The van der Waals surface area contributed by atoms with Crippen LogP contribution in [0.4, 0.5) is 0 Å². The maximum atomic E-state index is 11.4. The predicted molar refractivity (Wildman–Crippen MR) is 72.4 cm³/mol. The minimum Gasteiger partial charge on any atom is -0.382 e. The Kier molecular flexibility index (Phi) is 5.79. The lowest BCUT2D eigenvalue weighted by molar-refractivity contribution is 0.0612. The summed E-state index contributed by atoms with van der Waals surface area (Å²) in [6.45, 7) is 7.38. The molecule has 0 radical (unpaired) electrons. The number of ether oxygens (including phenoxy) is 2. The number of carbonyl (C=O) groups excluding carboxylic acids is 1. The molecule has 4 heteroatoms. The van der Waals surface area contributed by atoms with E-state index in [0.29, 0.717) is 25.4 Å². The van der Waals surface area contributed by atoms with Crippen molar-refractivity contribution in [2.75, 3.05) is 20.3 Å². The molecule has 100 valence electrons. The third-order valence-corrected chi connectivity index (χ3v) is 3.19. The molecular formula is C14H19ClO3. The van der Waals surface area contributed by atoms with Gasteiger partial charge in [-0.05, 0) is 54.6 Å². The van der Waals surface area contributed by atoms with Gasteiger partial charge in [0, 0.05) is 12.7 Å². The topological polar surface area (TPSA) is 35.5 Å². The minimum absolute atomic E-state index is 0.414. The summed E-state index contributed by atoms with van der Waals surface area (Å²) < 4.78 is 10.4. The molecule has 0 aromatic heterocycles. The highest BCUT2D eigenvalue weighted by Gasteiger charge is 2.15. The van der Waals surface area contributed by atoms with Crippen LogP contribution >= 0.6 is 11.6 Å². The Bertz CT molecular complexity index is 441. The molecule has 0 bridgehead atoms. The van der Waals surface area contributed by atoms with Crippen molar-refractivity contribution in [2.24, 2.45) is 0 Å². The van der Waals surface area contributed by atoms with Crippen LogP contribution in [0.1, 0.15) is 32.6 Å². The van der Waals surface area contributed by atoms with Crippen LogP contribution in [0.15, 0.2) is 6.07 Å². The van der Waals surface area contributed by atoms with Crippen molar-refractivity contribution in [1.82, 2.24) is 0 Å². The molecule has 18 heavy (non-hydrogen) atoms. The van der Waals surface area contributed by atoms with Crippen LogP contribution in [-0.2, 0) is 16.1 Å². The number of hydrogen-bond acceptors (Lipinski definition) is 3. The molecule has 1 rings (SSSR count). The first kappa shape index (κ1) is 15.2. The molecule has 0 spiro atoms. The Morgan fingerprint density at radius 2 is 1.89 bits per heavy atom. The Balaban J connectivity index is 2.97. The van der Waals surface area contributed by atoms with Gasteiger partial charge in [0.1, 0.15) is 0 Å². The van der Waals surface area contributed by atoms with Gasteiger partial charge in [-0.2, -0.15) is 0 Å². The molecule has 0 heterocycles. The predicted octanol–water partition coefficient (Wildman–Crippen LogP) is 3.15. The van der Waals surface area contributed by atoms with Gasteiger partial charge in [-0.25, -0.2) is 0 Å². The average molecular weight is 271 g/mol. The van der Waals surface area contributed by atoms with Crippen LogP contribution in [0.5, 0.6) is 0 Å². The molecule has 1 aromatic carbocycles. The standard InChI is InChI=1S/C14H19ClO3/c1-9-7-10(2)13(14(15)16)11(3)12(9)8-18-6-5-17-4/h7H,5-6,8H2,1-4H3. The van der Waals surface area contributed by atoms with Crippen molar-refractivity contribution in [3.05, 3.63) is 33.9 Å². The van der Waals surface area contributed by atoms with Crippen molar-refractivity contribution < 1.29 is 14.3 Å². The normalized spacial score (nSPS) is 10.7. The maximum absolute atomic E-state index is 11.4. The summed E-state index contributed by atoms with van der Waals surface area (Å²) in [5, 5.41) is -0.414. The van der Waals surface area contributed by atoms with Crippen molar-refractivity contribution in [3.63, 3.8) is 0 Å². The number of methoxy groups -OCH3 is 1. The van der Waals surface area contributed by atoms with E-state index >= 15 is 0 Å². The first-order chi connectivity index (χ1) is 8.49. The fourth-order valence-corrected chi connectivity index (χ4v) is 2.36. The zero-order valence-corrected chi connectivity index (χ0v) is 12.1. The molecule has 0 fully saturated rings. The Morgan fingerprint density at radius 3 is 2.44 bits per heavy atom. The number of rotatable bonds is 6. The second kappa shape index (κ2) is 6.88. The van der Waals surface area contributed by atoms with Gasteiger partial charge < -0.3 is 9.47 Å². The molecule has 0 aliphatic rings. The van der Waals surface area contributed by atoms with Gasteiger partial charge in [0.15, 0.2) is 0 Å². The number of benzene rings is 1. The summed E-state index contributed by atoms with van der Waals surface area (Å²) in [6, 6.07) is 1.97. The summed E-state index contributed by atoms with van der Waals surface area (Å²) in [5.74, 6) is 0. The fourth-order valence-electron chi connectivity index (χ4n) is 2.07. The van der Waals surface area contributed by atoms with Gasteiger partial charge in [-0.3, -0.25) is 4.79 Å².